The van der Waals surface area contributed by atoms with Crippen LogP contribution in [0.5, 0.6) is 0 Å². The van der Waals surface area contributed by atoms with E-state index in [0.29, 0.717) is 12.4 Å². The highest BCUT2D eigenvalue weighted by Crippen LogP contribution is 2.26. The van der Waals surface area contributed by atoms with E-state index in [1.54, 1.807) is 0 Å². The van der Waals surface area contributed by atoms with E-state index in [2.05, 4.69) is 22.1 Å². The highest BCUT2D eigenvalue weighted by atomic mass is 32.2. The largest absolute Gasteiger partial charge is 0.339 e. The maximum atomic E-state index is 5.58. The Kier molecular flexibility index (Phi) is 3.83. The summed E-state index contributed by atoms with van der Waals surface area (Å²) in [6.07, 6.45) is 0. The number of rotatable bonds is 3. The Labute approximate surface area is 99.8 Å². The van der Waals surface area contributed by atoms with Crippen LogP contribution in [0.4, 0.5) is 0 Å². The van der Waals surface area contributed by atoms with Crippen molar-refractivity contribution in [2.24, 2.45) is 5.73 Å². The molecule has 16 heavy (non-hydrogen) atoms. The summed E-state index contributed by atoms with van der Waals surface area (Å²) in [5.74, 6) is 3.80. The second-order valence-corrected chi connectivity index (χ2v) is 5.35. The molecule has 2 rings (SSSR count). The van der Waals surface area contributed by atoms with Gasteiger partial charge in [0.25, 0.3) is 0 Å². The minimum absolute atomic E-state index is 0.141. The molecule has 0 aromatic carbocycles. The topological polar surface area (TPSA) is 68.2 Å². The predicted octanol–water partition coefficient (Wildman–Crippen LogP) is 0.851. The highest BCUT2D eigenvalue weighted by molar-refractivity contribution is 7.99. The first kappa shape index (κ1) is 11.9. The molecule has 0 spiro atoms. The molecule has 2 heterocycles. The lowest BCUT2D eigenvalue weighted by Gasteiger charge is -2.29. The fraction of sp³-hybridized carbons (Fsp3) is 0.800. The van der Waals surface area contributed by atoms with Crippen LogP contribution in [0.25, 0.3) is 0 Å². The zero-order chi connectivity index (χ0) is 11.5. The van der Waals surface area contributed by atoms with Crippen molar-refractivity contribution in [2.45, 2.75) is 18.9 Å². The van der Waals surface area contributed by atoms with Gasteiger partial charge in [-0.3, -0.25) is 4.90 Å². The molecule has 1 saturated heterocycles. The van der Waals surface area contributed by atoms with Gasteiger partial charge < -0.3 is 10.3 Å². The minimum atomic E-state index is 0.141. The van der Waals surface area contributed by atoms with E-state index in [0.717, 1.165) is 18.1 Å². The molecule has 0 radical (unpaired) electrons. The summed E-state index contributed by atoms with van der Waals surface area (Å²) in [5, 5.41) is 4.06. The van der Waals surface area contributed by atoms with E-state index in [9.17, 15) is 0 Å². The molecule has 2 atom stereocenters. The molecule has 90 valence electrons. The Morgan fingerprint density at radius 3 is 3.19 bits per heavy atom. The first-order valence-electron chi connectivity index (χ1n) is 5.54. The van der Waals surface area contributed by atoms with Gasteiger partial charge in [0, 0.05) is 30.5 Å². The maximum absolute atomic E-state index is 5.58. The fourth-order valence-electron chi connectivity index (χ4n) is 1.64. The summed E-state index contributed by atoms with van der Waals surface area (Å²) in [7, 11) is 2.10. The first-order valence-corrected chi connectivity index (χ1v) is 6.69. The molecule has 1 aromatic rings. The summed E-state index contributed by atoms with van der Waals surface area (Å²) in [5.41, 5.74) is 5.58. The van der Waals surface area contributed by atoms with Gasteiger partial charge in [-0.1, -0.05) is 12.1 Å². The predicted molar refractivity (Wildman–Crippen MR) is 64.5 cm³/mol. The van der Waals surface area contributed by atoms with Crippen molar-refractivity contribution in [1.82, 2.24) is 15.0 Å². The van der Waals surface area contributed by atoms with Gasteiger partial charge in [0.2, 0.25) is 5.89 Å². The third kappa shape index (κ3) is 2.39. The summed E-state index contributed by atoms with van der Waals surface area (Å²) in [6.45, 7) is 3.61. The summed E-state index contributed by atoms with van der Waals surface area (Å²) >= 11 is 1.94. The number of nitrogens with two attached hydrogens (primary N) is 1. The van der Waals surface area contributed by atoms with Crippen LogP contribution in [-0.4, -0.2) is 46.7 Å². The summed E-state index contributed by atoms with van der Waals surface area (Å²) in [4.78, 5) is 6.72. The smallest absolute Gasteiger partial charge is 0.230 e. The van der Waals surface area contributed by atoms with Crippen molar-refractivity contribution in [3.05, 3.63) is 11.7 Å². The van der Waals surface area contributed by atoms with E-state index < -0.39 is 0 Å². The molecular weight excluding hydrogens is 224 g/mol. The number of thioether (sulfide) groups is 1. The third-order valence-corrected chi connectivity index (χ3v) is 3.95. The zero-order valence-electron chi connectivity index (χ0n) is 9.72. The van der Waals surface area contributed by atoms with Gasteiger partial charge in [-0.05, 0) is 7.05 Å². The summed E-state index contributed by atoms with van der Waals surface area (Å²) < 4.78 is 5.24. The standard InChI is InChI=1S/C10H18N4OS/c1-7(5-11)10-12-9(13-15-10)8-6-16-4-3-14(8)2/h7-8H,3-6,11H2,1-2H3. The Morgan fingerprint density at radius 1 is 1.69 bits per heavy atom. The SMILES string of the molecule is CC(CN)c1nc(C2CSCCN2C)no1. The van der Waals surface area contributed by atoms with Crippen LogP contribution in [0, 0.1) is 0 Å². The van der Waals surface area contributed by atoms with E-state index in [1.807, 2.05) is 18.7 Å². The van der Waals surface area contributed by atoms with Gasteiger partial charge in [-0.2, -0.15) is 16.7 Å². The van der Waals surface area contributed by atoms with Gasteiger partial charge in [0.15, 0.2) is 5.82 Å². The maximum Gasteiger partial charge on any atom is 0.230 e. The van der Waals surface area contributed by atoms with Gasteiger partial charge in [-0.25, -0.2) is 0 Å². The van der Waals surface area contributed by atoms with Crippen LogP contribution in [0.2, 0.25) is 0 Å². The van der Waals surface area contributed by atoms with Gasteiger partial charge in [0.1, 0.15) is 0 Å². The zero-order valence-corrected chi connectivity index (χ0v) is 10.5. The monoisotopic (exact) mass is 242 g/mol. The Hall–Kier alpha value is -0.590. The minimum Gasteiger partial charge on any atom is -0.339 e. The van der Waals surface area contributed by atoms with Gasteiger partial charge >= 0.3 is 0 Å². The first-order chi connectivity index (χ1) is 7.72. The summed E-state index contributed by atoms with van der Waals surface area (Å²) in [6, 6.07) is 0.279. The molecule has 1 aliphatic heterocycles. The second-order valence-electron chi connectivity index (χ2n) is 4.20. The Morgan fingerprint density at radius 2 is 2.50 bits per heavy atom. The fourth-order valence-corrected chi connectivity index (χ4v) is 2.85. The second kappa shape index (κ2) is 5.16. The van der Waals surface area contributed by atoms with Crippen molar-refractivity contribution in [2.75, 3.05) is 31.6 Å². The molecule has 0 amide bonds. The third-order valence-electron chi connectivity index (χ3n) is 2.93. The van der Waals surface area contributed by atoms with E-state index in [1.165, 1.54) is 5.75 Å². The van der Waals surface area contributed by atoms with Crippen LogP contribution >= 0.6 is 11.8 Å². The van der Waals surface area contributed by atoms with Crippen LogP contribution < -0.4 is 5.73 Å². The number of hydrogen-bond acceptors (Lipinski definition) is 6. The lowest BCUT2D eigenvalue weighted by Crippen LogP contribution is -2.33. The number of aromatic nitrogens is 2. The molecule has 2 unspecified atom stereocenters. The van der Waals surface area contributed by atoms with Crippen molar-refractivity contribution in [3.8, 4) is 0 Å². The van der Waals surface area contributed by atoms with Crippen molar-refractivity contribution < 1.29 is 4.52 Å². The van der Waals surface area contributed by atoms with Crippen molar-refractivity contribution in [3.63, 3.8) is 0 Å². The van der Waals surface area contributed by atoms with Gasteiger partial charge in [-0.15, -0.1) is 0 Å². The Bertz CT molecular complexity index is 343. The molecule has 1 fully saturated rings. The lowest BCUT2D eigenvalue weighted by molar-refractivity contribution is 0.256. The number of nitrogens with zero attached hydrogens (tertiary/aromatic N) is 3. The van der Waals surface area contributed by atoms with Crippen LogP contribution in [0.3, 0.4) is 0 Å². The van der Waals surface area contributed by atoms with E-state index in [4.69, 9.17) is 10.3 Å². The van der Waals surface area contributed by atoms with Crippen LogP contribution in [0.1, 0.15) is 30.6 Å². The van der Waals surface area contributed by atoms with E-state index >= 15 is 0 Å². The quantitative estimate of drug-likeness (QED) is 0.847. The van der Waals surface area contributed by atoms with Crippen molar-refractivity contribution in [1.29, 1.82) is 0 Å². The molecule has 0 saturated carbocycles. The lowest BCUT2D eigenvalue weighted by atomic mass is 10.2. The highest BCUT2D eigenvalue weighted by Gasteiger charge is 2.26. The normalized spacial score (nSPS) is 24.6. The average molecular weight is 242 g/mol. The Balaban J connectivity index is 2.11. The average Bonchev–Trinajstić information content (AvgIpc) is 2.78. The van der Waals surface area contributed by atoms with Crippen LogP contribution in [0.15, 0.2) is 4.52 Å². The molecule has 1 aromatic heterocycles. The molecule has 2 N–H and O–H groups in total. The molecule has 1 aliphatic rings. The van der Waals surface area contributed by atoms with Crippen molar-refractivity contribution >= 4 is 11.8 Å². The van der Waals surface area contributed by atoms with Crippen LogP contribution in [-0.2, 0) is 0 Å². The molecule has 5 nitrogen and oxygen atoms in total. The number of hydrogen-bond donors (Lipinski definition) is 1. The molecule has 0 aliphatic carbocycles. The molecular formula is C10H18N4OS. The van der Waals surface area contributed by atoms with Gasteiger partial charge in [0.05, 0.1) is 6.04 Å². The molecule has 6 heteroatoms. The van der Waals surface area contributed by atoms with E-state index in [-0.39, 0.29) is 12.0 Å². The molecule has 0 bridgehead atoms.